The fourth-order valence-corrected chi connectivity index (χ4v) is 3.92. The van der Waals surface area contributed by atoms with Crippen LogP contribution in [0.1, 0.15) is 42.0 Å². The van der Waals surface area contributed by atoms with Crippen molar-refractivity contribution in [3.63, 3.8) is 0 Å². The maximum Gasteiger partial charge on any atom is 0.117 e. The Bertz CT molecular complexity index is 612. The van der Waals surface area contributed by atoms with Crippen molar-refractivity contribution in [3.8, 4) is 0 Å². The first kappa shape index (κ1) is 20.0. The summed E-state index contributed by atoms with van der Waals surface area (Å²) in [7, 11) is 0. The number of halogens is 1. The van der Waals surface area contributed by atoms with Crippen molar-refractivity contribution in [1.82, 2.24) is 4.90 Å². The molecule has 1 N–H and O–H groups in total. The molecule has 1 heterocycles. The topological polar surface area (TPSA) is 23.5 Å². The van der Waals surface area contributed by atoms with E-state index >= 15 is 0 Å². The Morgan fingerprint density at radius 2 is 1.28 bits per heavy atom. The Hall–Kier alpha value is -1.35. The molecule has 136 valence electrons. The first-order chi connectivity index (χ1) is 11.5. The van der Waals surface area contributed by atoms with Crippen LogP contribution in [0.25, 0.3) is 0 Å². The number of aryl methyl sites for hydroxylation is 2. The largest absolute Gasteiger partial charge is 0.380 e. The Morgan fingerprint density at radius 3 is 1.64 bits per heavy atom. The monoisotopic (exact) mass is 359 g/mol. The van der Waals surface area contributed by atoms with Gasteiger partial charge in [-0.15, -0.1) is 12.4 Å². The molecule has 3 heteroatoms. The quantitative estimate of drug-likeness (QED) is 0.855. The van der Waals surface area contributed by atoms with Crippen molar-refractivity contribution < 1.29 is 5.11 Å². The van der Waals surface area contributed by atoms with E-state index in [-0.39, 0.29) is 18.3 Å². The number of nitrogens with zero attached hydrogens (tertiary/aromatic N) is 1. The van der Waals surface area contributed by atoms with Gasteiger partial charge in [-0.1, -0.05) is 66.6 Å². The summed E-state index contributed by atoms with van der Waals surface area (Å²) in [6, 6.07) is 16.8. The molecule has 2 aromatic rings. The van der Waals surface area contributed by atoms with E-state index in [1.807, 2.05) is 0 Å². The maximum absolute atomic E-state index is 11.9. The molecule has 0 unspecified atom stereocenters. The highest BCUT2D eigenvalue weighted by molar-refractivity contribution is 5.85. The van der Waals surface area contributed by atoms with Gasteiger partial charge in [0.25, 0.3) is 0 Å². The van der Waals surface area contributed by atoms with E-state index in [4.69, 9.17) is 0 Å². The number of hydrogen-bond donors (Lipinski definition) is 1. The van der Waals surface area contributed by atoms with Gasteiger partial charge in [-0.05, 0) is 63.4 Å². The lowest BCUT2D eigenvalue weighted by atomic mass is 9.72. The molecule has 0 radical (unpaired) electrons. The lowest BCUT2D eigenvalue weighted by molar-refractivity contribution is -0.0135. The molecule has 1 saturated heterocycles. The predicted molar refractivity (Wildman–Crippen MR) is 107 cm³/mol. The highest BCUT2D eigenvalue weighted by Gasteiger charge is 2.41. The van der Waals surface area contributed by atoms with Crippen LogP contribution in [0.15, 0.2) is 48.5 Å². The lowest BCUT2D eigenvalue weighted by Gasteiger charge is -2.42. The number of likely N-dealkylation sites (tertiary alicyclic amines) is 1. The van der Waals surface area contributed by atoms with Crippen LogP contribution in [0, 0.1) is 19.8 Å². The zero-order valence-electron chi connectivity index (χ0n) is 15.5. The second kappa shape index (κ2) is 8.35. The molecule has 2 aromatic carbocycles. The first-order valence-electron chi connectivity index (χ1n) is 9.13. The van der Waals surface area contributed by atoms with Gasteiger partial charge < -0.3 is 10.0 Å². The third-order valence-corrected chi connectivity index (χ3v) is 5.61. The Labute approximate surface area is 158 Å². The molecule has 1 aliphatic rings. The molecule has 0 amide bonds. The van der Waals surface area contributed by atoms with Gasteiger partial charge in [-0.2, -0.15) is 0 Å². The summed E-state index contributed by atoms with van der Waals surface area (Å²) >= 11 is 0. The van der Waals surface area contributed by atoms with Crippen molar-refractivity contribution in [2.75, 3.05) is 19.6 Å². The minimum absolute atomic E-state index is 0. The molecule has 0 spiro atoms. The number of piperidine rings is 1. The molecule has 25 heavy (non-hydrogen) atoms. The molecule has 0 bridgehead atoms. The van der Waals surface area contributed by atoms with Gasteiger partial charge in [0.1, 0.15) is 5.60 Å². The molecular weight excluding hydrogens is 330 g/mol. The van der Waals surface area contributed by atoms with Gasteiger partial charge in [-0.25, -0.2) is 0 Å². The van der Waals surface area contributed by atoms with Gasteiger partial charge in [0.05, 0.1) is 0 Å². The van der Waals surface area contributed by atoms with Gasteiger partial charge in [-0.3, -0.25) is 0 Å². The molecule has 2 nitrogen and oxygen atoms in total. The minimum atomic E-state index is -0.902. The summed E-state index contributed by atoms with van der Waals surface area (Å²) in [5.74, 6) is 0.255. The van der Waals surface area contributed by atoms with E-state index in [0.717, 1.165) is 43.6 Å². The van der Waals surface area contributed by atoms with E-state index in [2.05, 4.69) is 74.2 Å². The van der Waals surface area contributed by atoms with Crippen LogP contribution in [0.5, 0.6) is 0 Å². The van der Waals surface area contributed by atoms with Crippen LogP contribution in [0.3, 0.4) is 0 Å². The normalized spacial score (nSPS) is 16.5. The maximum atomic E-state index is 11.9. The molecule has 0 atom stereocenters. The van der Waals surface area contributed by atoms with Gasteiger partial charge >= 0.3 is 0 Å². The third kappa shape index (κ3) is 4.08. The number of aliphatic hydroxyl groups is 1. The van der Waals surface area contributed by atoms with E-state index < -0.39 is 5.60 Å². The van der Waals surface area contributed by atoms with Crippen LogP contribution >= 0.6 is 12.4 Å². The fourth-order valence-electron chi connectivity index (χ4n) is 3.92. The van der Waals surface area contributed by atoms with Crippen LogP contribution in [0.2, 0.25) is 0 Å². The summed E-state index contributed by atoms with van der Waals surface area (Å²) in [6.45, 7) is 9.64. The average Bonchev–Trinajstić information content (AvgIpc) is 2.62. The summed E-state index contributed by atoms with van der Waals surface area (Å²) in [6.07, 6.45) is 2.07. The zero-order valence-corrected chi connectivity index (χ0v) is 16.4. The first-order valence-corrected chi connectivity index (χ1v) is 9.13. The molecule has 1 aliphatic heterocycles. The fraction of sp³-hybridized carbons (Fsp3) is 0.455. The second-order valence-corrected chi connectivity index (χ2v) is 7.21. The highest BCUT2D eigenvalue weighted by atomic mass is 35.5. The smallest absolute Gasteiger partial charge is 0.117 e. The van der Waals surface area contributed by atoms with Crippen LogP contribution in [-0.2, 0) is 5.60 Å². The van der Waals surface area contributed by atoms with E-state index in [1.165, 1.54) is 11.1 Å². The summed E-state index contributed by atoms with van der Waals surface area (Å²) < 4.78 is 0. The summed E-state index contributed by atoms with van der Waals surface area (Å²) in [5.41, 5.74) is 3.59. The number of hydrogen-bond acceptors (Lipinski definition) is 2. The van der Waals surface area contributed by atoms with Gasteiger partial charge in [0.2, 0.25) is 0 Å². The van der Waals surface area contributed by atoms with Crippen LogP contribution < -0.4 is 0 Å². The summed E-state index contributed by atoms with van der Waals surface area (Å²) in [4.78, 5) is 2.47. The van der Waals surface area contributed by atoms with E-state index in [9.17, 15) is 5.11 Å². The van der Waals surface area contributed by atoms with Crippen molar-refractivity contribution in [3.05, 3.63) is 70.8 Å². The van der Waals surface area contributed by atoms with Crippen LogP contribution in [0.4, 0.5) is 0 Å². The Morgan fingerprint density at radius 1 is 0.880 bits per heavy atom. The SMILES string of the molecule is CCN1CCC(C(O)(c2ccc(C)cc2)c2ccc(C)cc2)CC1.Cl. The van der Waals surface area contributed by atoms with Gasteiger partial charge in [0, 0.05) is 0 Å². The second-order valence-electron chi connectivity index (χ2n) is 7.21. The number of benzene rings is 2. The van der Waals surface area contributed by atoms with Crippen LogP contribution in [-0.4, -0.2) is 29.6 Å². The van der Waals surface area contributed by atoms with E-state index in [1.54, 1.807) is 0 Å². The van der Waals surface area contributed by atoms with Crippen molar-refractivity contribution >= 4 is 12.4 Å². The Balaban J connectivity index is 0.00000225. The average molecular weight is 360 g/mol. The van der Waals surface area contributed by atoms with Crippen molar-refractivity contribution in [2.24, 2.45) is 5.92 Å². The van der Waals surface area contributed by atoms with Crippen molar-refractivity contribution in [2.45, 2.75) is 39.2 Å². The van der Waals surface area contributed by atoms with Crippen molar-refractivity contribution in [1.29, 1.82) is 0 Å². The highest BCUT2D eigenvalue weighted by Crippen LogP contribution is 2.42. The summed E-state index contributed by atoms with van der Waals surface area (Å²) in [5, 5.41) is 11.9. The minimum Gasteiger partial charge on any atom is -0.380 e. The Kier molecular flexibility index (Phi) is 6.67. The molecule has 3 rings (SSSR count). The predicted octanol–water partition coefficient (Wildman–Crippen LogP) is 4.69. The standard InChI is InChI=1S/C22H29NO.ClH/c1-4-23-15-13-21(14-16-23)22(24,19-9-5-17(2)6-10-19)20-11-7-18(3)8-12-20;/h5-12,21,24H,4,13-16H2,1-3H3;1H. The third-order valence-electron chi connectivity index (χ3n) is 5.61. The molecule has 0 aromatic heterocycles. The molecule has 0 aliphatic carbocycles. The lowest BCUT2D eigenvalue weighted by Crippen LogP contribution is -2.44. The van der Waals surface area contributed by atoms with Gasteiger partial charge in [0.15, 0.2) is 0 Å². The molecule has 0 saturated carbocycles. The molecule has 1 fully saturated rings. The zero-order chi connectivity index (χ0) is 17.2. The molecular formula is C22H30ClNO. The van der Waals surface area contributed by atoms with E-state index in [0.29, 0.717) is 0 Å². The number of rotatable bonds is 4.